The molecule has 2 N–H and O–H groups in total. The monoisotopic (exact) mass is 262 g/mol. The first kappa shape index (κ1) is 15.0. The molecule has 1 atom stereocenters. The molecule has 0 spiro atoms. The smallest absolute Gasteiger partial charge is 0.257 e. The first-order valence-electron chi connectivity index (χ1n) is 6.09. The molecule has 0 aliphatic heterocycles. The van der Waals surface area contributed by atoms with Gasteiger partial charge in [0.2, 0.25) is 0 Å². The molecule has 5 heteroatoms. The van der Waals surface area contributed by atoms with Gasteiger partial charge in [-0.05, 0) is 37.1 Å². The standard InChI is InChI=1S/C14H18N2O3/c1-10-8-12(11(2)17)4-5-13(10)19-9-14(18)16-7-3-6-15/h4-5,8,11,17H,3,7,9H2,1-2H3,(H,16,18)/t11-/m0/s1. The Bertz CT molecular complexity index is 478. The Morgan fingerprint density at radius 3 is 2.89 bits per heavy atom. The molecular formula is C14H18N2O3. The second-order valence-electron chi connectivity index (χ2n) is 4.25. The number of nitriles is 1. The van der Waals surface area contributed by atoms with E-state index in [0.29, 0.717) is 12.3 Å². The van der Waals surface area contributed by atoms with Crippen LogP contribution in [0.4, 0.5) is 0 Å². The van der Waals surface area contributed by atoms with Crippen LogP contribution in [0.2, 0.25) is 0 Å². The summed E-state index contributed by atoms with van der Waals surface area (Å²) in [5.74, 6) is 0.356. The van der Waals surface area contributed by atoms with Gasteiger partial charge in [-0.25, -0.2) is 0 Å². The first-order chi connectivity index (χ1) is 9.04. The molecule has 5 nitrogen and oxygen atoms in total. The first-order valence-corrected chi connectivity index (χ1v) is 6.09. The lowest BCUT2D eigenvalue weighted by Gasteiger charge is -2.11. The van der Waals surface area contributed by atoms with Crippen LogP contribution in [-0.4, -0.2) is 24.2 Å². The molecular weight excluding hydrogens is 244 g/mol. The number of nitrogens with one attached hydrogen (secondary N) is 1. The molecule has 0 aliphatic rings. The van der Waals surface area contributed by atoms with Crippen LogP contribution in [-0.2, 0) is 4.79 Å². The molecule has 19 heavy (non-hydrogen) atoms. The summed E-state index contributed by atoms with van der Waals surface area (Å²) in [6.45, 7) is 3.80. The second-order valence-corrected chi connectivity index (χ2v) is 4.25. The average molecular weight is 262 g/mol. The third-order valence-corrected chi connectivity index (χ3v) is 2.60. The van der Waals surface area contributed by atoms with Gasteiger partial charge in [-0.1, -0.05) is 6.07 Å². The largest absolute Gasteiger partial charge is 0.484 e. The summed E-state index contributed by atoms with van der Waals surface area (Å²) >= 11 is 0. The van der Waals surface area contributed by atoms with Gasteiger partial charge in [0.25, 0.3) is 5.91 Å². The van der Waals surface area contributed by atoms with Crippen molar-refractivity contribution in [2.45, 2.75) is 26.4 Å². The van der Waals surface area contributed by atoms with E-state index in [4.69, 9.17) is 10.00 Å². The minimum Gasteiger partial charge on any atom is -0.484 e. The number of benzene rings is 1. The number of aliphatic hydroxyl groups excluding tert-OH is 1. The third-order valence-electron chi connectivity index (χ3n) is 2.60. The highest BCUT2D eigenvalue weighted by Gasteiger charge is 2.07. The van der Waals surface area contributed by atoms with E-state index in [0.717, 1.165) is 11.1 Å². The fourth-order valence-electron chi connectivity index (χ4n) is 1.55. The minimum atomic E-state index is -0.526. The molecule has 0 aliphatic carbocycles. The molecule has 0 saturated carbocycles. The Morgan fingerprint density at radius 1 is 1.58 bits per heavy atom. The lowest BCUT2D eigenvalue weighted by Crippen LogP contribution is -2.29. The van der Waals surface area contributed by atoms with Gasteiger partial charge in [0.15, 0.2) is 6.61 Å². The van der Waals surface area contributed by atoms with E-state index in [1.165, 1.54) is 0 Å². The maximum Gasteiger partial charge on any atom is 0.257 e. The van der Waals surface area contributed by atoms with E-state index < -0.39 is 6.10 Å². The van der Waals surface area contributed by atoms with Gasteiger partial charge in [-0.2, -0.15) is 5.26 Å². The van der Waals surface area contributed by atoms with Crippen LogP contribution in [0, 0.1) is 18.3 Å². The normalized spacial score (nSPS) is 11.5. The summed E-state index contributed by atoms with van der Waals surface area (Å²) in [5, 5.41) is 20.4. The van der Waals surface area contributed by atoms with Crippen molar-refractivity contribution in [1.82, 2.24) is 5.32 Å². The summed E-state index contributed by atoms with van der Waals surface area (Å²) in [5.41, 5.74) is 1.67. The van der Waals surface area contributed by atoms with E-state index in [2.05, 4.69) is 5.32 Å². The fraction of sp³-hybridized carbons (Fsp3) is 0.429. The predicted molar refractivity (Wildman–Crippen MR) is 70.5 cm³/mol. The Morgan fingerprint density at radius 2 is 2.32 bits per heavy atom. The van der Waals surface area contributed by atoms with E-state index in [1.807, 2.05) is 19.1 Å². The van der Waals surface area contributed by atoms with Gasteiger partial charge < -0.3 is 15.2 Å². The molecule has 1 aromatic carbocycles. The maximum atomic E-state index is 11.4. The molecule has 0 heterocycles. The molecule has 0 saturated heterocycles. The summed E-state index contributed by atoms with van der Waals surface area (Å²) in [6, 6.07) is 7.27. The number of amides is 1. The van der Waals surface area contributed by atoms with Crippen LogP contribution < -0.4 is 10.1 Å². The summed E-state index contributed by atoms with van der Waals surface area (Å²) in [4.78, 5) is 11.4. The van der Waals surface area contributed by atoms with E-state index in [-0.39, 0.29) is 18.9 Å². The van der Waals surface area contributed by atoms with Gasteiger partial charge in [0.1, 0.15) is 5.75 Å². The zero-order valence-corrected chi connectivity index (χ0v) is 11.1. The van der Waals surface area contributed by atoms with Crippen molar-refractivity contribution in [1.29, 1.82) is 5.26 Å². The maximum absolute atomic E-state index is 11.4. The number of hydrogen-bond donors (Lipinski definition) is 2. The zero-order chi connectivity index (χ0) is 14.3. The van der Waals surface area contributed by atoms with Gasteiger partial charge in [0, 0.05) is 6.54 Å². The van der Waals surface area contributed by atoms with Crippen molar-refractivity contribution in [3.8, 4) is 11.8 Å². The number of rotatable bonds is 6. The van der Waals surface area contributed by atoms with Gasteiger partial charge in [-0.15, -0.1) is 0 Å². The lowest BCUT2D eigenvalue weighted by atomic mass is 10.1. The third kappa shape index (κ3) is 4.98. The molecule has 102 valence electrons. The molecule has 1 aromatic rings. The number of carbonyl (C=O) groups is 1. The summed E-state index contributed by atoms with van der Waals surface area (Å²) < 4.78 is 5.39. The van der Waals surface area contributed by atoms with E-state index in [1.54, 1.807) is 19.1 Å². The van der Waals surface area contributed by atoms with Crippen LogP contribution in [0.15, 0.2) is 18.2 Å². The van der Waals surface area contributed by atoms with E-state index in [9.17, 15) is 9.90 Å². The molecule has 0 unspecified atom stereocenters. The van der Waals surface area contributed by atoms with Crippen LogP contribution in [0.1, 0.15) is 30.6 Å². The minimum absolute atomic E-state index is 0.0830. The van der Waals surface area contributed by atoms with Crippen molar-refractivity contribution in [3.63, 3.8) is 0 Å². The number of aliphatic hydroxyl groups is 1. The number of ether oxygens (including phenoxy) is 1. The Hall–Kier alpha value is -2.06. The van der Waals surface area contributed by atoms with Crippen LogP contribution >= 0.6 is 0 Å². The number of hydrogen-bond acceptors (Lipinski definition) is 4. The number of aryl methyl sites for hydroxylation is 1. The Labute approximate surface area is 112 Å². The van der Waals surface area contributed by atoms with Crippen molar-refractivity contribution >= 4 is 5.91 Å². The lowest BCUT2D eigenvalue weighted by molar-refractivity contribution is -0.123. The van der Waals surface area contributed by atoms with Gasteiger partial charge >= 0.3 is 0 Å². The van der Waals surface area contributed by atoms with Gasteiger partial charge in [0.05, 0.1) is 18.6 Å². The highest BCUT2D eigenvalue weighted by molar-refractivity contribution is 5.77. The summed E-state index contributed by atoms with van der Waals surface area (Å²) in [7, 11) is 0. The summed E-state index contributed by atoms with van der Waals surface area (Å²) in [6.07, 6.45) is -0.240. The fourth-order valence-corrected chi connectivity index (χ4v) is 1.55. The van der Waals surface area contributed by atoms with E-state index >= 15 is 0 Å². The van der Waals surface area contributed by atoms with Crippen molar-refractivity contribution in [3.05, 3.63) is 29.3 Å². The highest BCUT2D eigenvalue weighted by Crippen LogP contribution is 2.22. The molecule has 0 radical (unpaired) electrons. The Kier molecular flexibility index (Phi) is 5.83. The SMILES string of the molecule is Cc1cc([C@H](C)O)ccc1OCC(=O)NCCC#N. The quantitative estimate of drug-likeness (QED) is 0.760. The average Bonchev–Trinajstić information content (AvgIpc) is 2.37. The molecule has 0 aromatic heterocycles. The highest BCUT2D eigenvalue weighted by atomic mass is 16.5. The molecule has 1 rings (SSSR count). The predicted octanol–water partition coefficient (Wildman–Crippen LogP) is 1.46. The number of nitrogens with zero attached hydrogens (tertiary/aromatic N) is 1. The molecule has 0 bridgehead atoms. The molecule has 1 amide bonds. The zero-order valence-electron chi connectivity index (χ0n) is 11.1. The van der Waals surface area contributed by atoms with Gasteiger partial charge in [-0.3, -0.25) is 4.79 Å². The second kappa shape index (κ2) is 7.39. The van der Waals surface area contributed by atoms with Crippen LogP contribution in [0.5, 0.6) is 5.75 Å². The van der Waals surface area contributed by atoms with Crippen LogP contribution in [0.25, 0.3) is 0 Å². The van der Waals surface area contributed by atoms with Crippen molar-refractivity contribution in [2.24, 2.45) is 0 Å². The van der Waals surface area contributed by atoms with Crippen LogP contribution in [0.3, 0.4) is 0 Å². The topological polar surface area (TPSA) is 82.3 Å². The number of carbonyl (C=O) groups excluding carboxylic acids is 1. The Balaban J connectivity index is 2.50. The molecule has 0 fully saturated rings. The van der Waals surface area contributed by atoms with Crippen molar-refractivity contribution < 1.29 is 14.6 Å². The van der Waals surface area contributed by atoms with Crippen molar-refractivity contribution in [2.75, 3.05) is 13.2 Å².